The summed E-state index contributed by atoms with van der Waals surface area (Å²) in [6.45, 7) is 0.546. The van der Waals surface area contributed by atoms with Crippen molar-refractivity contribution in [1.82, 2.24) is 0 Å². The predicted octanol–water partition coefficient (Wildman–Crippen LogP) is 2.29. The van der Waals surface area contributed by atoms with Crippen LogP contribution in [0.15, 0.2) is 54.6 Å². The molecule has 2 aromatic rings. The van der Waals surface area contributed by atoms with Gasteiger partial charge >= 0.3 is 0 Å². The van der Waals surface area contributed by atoms with E-state index in [4.69, 9.17) is 15.9 Å². The van der Waals surface area contributed by atoms with Gasteiger partial charge in [0.05, 0.1) is 0 Å². The zero-order valence-corrected chi connectivity index (χ0v) is 9.58. The maximum atomic E-state index is 9.04. The van der Waals surface area contributed by atoms with Crippen LogP contribution in [0.25, 0.3) is 0 Å². The van der Waals surface area contributed by atoms with Gasteiger partial charge in [-0.1, -0.05) is 42.5 Å². The fourth-order valence-corrected chi connectivity index (χ4v) is 1.28. The van der Waals surface area contributed by atoms with Crippen molar-refractivity contribution in [2.24, 2.45) is 5.73 Å². The Kier molecular flexibility index (Phi) is 5.61. The van der Waals surface area contributed by atoms with Crippen LogP contribution in [0.4, 0.5) is 0 Å². The number of hydrogen-bond acceptors (Lipinski definition) is 3. The highest BCUT2D eigenvalue weighted by Crippen LogP contribution is 2.24. The van der Waals surface area contributed by atoms with Gasteiger partial charge in [-0.05, 0) is 30.7 Å². The van der Waals surface area contributed by atoms with Crippen molar-refractivity contribution in [2.75, 3.05) is 6.54 Å². The summed E-state index contributed by atoms with van der Waals surface area (Å²) in [7, 11) is 0. The van der Waals surface area contributed by atoms with E-state index in [2.05, 4.69) is 0 Å². The van der Waals surface area contributed by atoms with Crippen LogP contribution in [-0.2, 0) is 6.42 Å². The molecule has 2 rings (SSSR count). The number of rotatable bonds is 2. The van der Waals surface area contributed by atoms with Crippen molar-refractivity contribution >= 4 is 0 Å². The maximum Gasteiger partial charge on any atom is 0.157 e. The number of benzene rings is 2. The highest BCUT2D eigenvalue weighted by atomic mass is 16.3. The van der Waals surface area contributed by atoms with Gasteiger partial charge < -0.3 is 15.9 Å². The van der Waals surface area contributed by atoms with Gasteiger partial charge in [-0.2, -0.15) is 0 Å². The number of phenols is 2. The molecule has 90 valence electrons. The first-order chi connectivity index (χ1) is 8.24. The van der Waals surface area contributed by atoms with Gasteiger partial charge in [0.15, 0.2) is 11.5 Å². The van der Waals surface area contributed by atoms with E-state index >= 15 is 0 Å². The van der Waals surface area contributed by atoms with Gasteiger partial charge in [0, 0.05) is 0 Å². The molecule has 0 fully saturated rings. The van der Waals surface area contributed by atoms with Crippen LogP contribution in [0.1, 0.15) is 5.56 Å². The molecule has 0 spiro atoms. The molecule has 0 saturated heterocycles. The Bertz CT molecular complexity index is 403. The van der Waals surface area contributed by atoms with E-state index < -0.39 is 0 Å². The lowest BCUT2D eigenvalue weighted by molar-refractivity contribution is 0.403. The normalized spacial score (nSPS) is 9.24. The number of phenolic OH excluding ortho intramolecular Hbond substituents is 2. The Labute approximate surface area is 101 Å². The second kappa shape index (κ2) is 7.30. The molecule has 0 saturated carbocycles. The van der Waals surface area contributed by atoms with Crippen molar-refractivity contribution in [3.8, 4) is 11.5 Å². The lowest BCUT2D eigenvalue weighted by Gasteiger charge is -2.00. The van der Waals surface area contributed by atoms with Gasteiger partial charge in [0.1, 0.15) is 0 Å². The Morgan fingerprint density at radius 2 is 1.35 bits per heavy atom. The second-order valence-electron chi connectivity index (χ2n) is 3.52. The number of aromatic hydroxyl groups is 2. The summed E-state index contributed by atoms with van der Waals surface area (Å²) in [6, 6.07) is 16.7. The Balaban J connectivity index is 0.000000202. The molecule has 2 aromatic carbocycles. The average Bonchev–Trinajstić information content (AvgIpc) is 2.37. The molecule has 0 amide bonds. The Hall–Kier alpha value is -2.00. The molecule has 0 bridgehead atoms. The van der Waals surface area contributed by atoms with Crippen molar-refractivity contribution in [3.05, 3.63) is 60.2 Å². The van der Waals surface area contributed by atoms with Gasteiger partial charge in [-0.15, -0.1) is 0 Å². The van der Waals surface area contributed by atoms with E-state index in [0.717, 1.165) is 5.56 Å². The van der Waals surface area contributed by atoms with Crippen LogP contribution < -0.4 is 5.73 Å². The minimum atomic E-state index is -0.0919. The molecule has 0 unspecified atom stereocenters. The Morgan fingerprint density at radius 1 is 0.824 bits per heavy atom. The van der Waals surface area contributed by atoms with Crippen LogP contribution in [0.3, 0.4) is 0 Å². The van der Waals surface area contributed by atoms with E-state index in [1.165, 1.54) is 12.1 Å². The molecular formula is C14H17NO2. The fourth-order valence-electron chi connectivity index (χ4n) is 1.28. The third kappa shape index (κ3) is 5.04. The van der Waals surface area contributed by atoms with E-state index in [1.807, 2.05) is 36.4 Å². The SMILES string of the molecule is NCCc1ccc(O)c(O)c1.c1ccccc1. The third-order valence-electron chi connectivity index (χ3n) is 2.14. The molecule has 0 radical (unpaired) electrons. The van der Waals surface area contributed by atoms with Crippen LogP contribution in [-0.4, -0.2) is 16.8 Å². The first-order valence-electron chi connectivity index (χ1n) is 5.45. The molecule has 3 nitrogen and oxygen atoms in total. The first-order valence-corrected chi connectivity index (χ1v) is 5.45. The summed E-state index contributed by atoms with van der Waals surface area (Å²) in [4.78, 5) is 0. The predicted molar refractivity (Wildman–Crippen MR) is 69.0 cm³/mol. The average molecular weight is 231 g/mol. The maximum absolute atomic E-state index is 9.04. The number of nitrogens with two attached hydrogens (primary N) is 1. The number of hydrogen-bond donors (Lipinski definition) is 3. The van der Waals surface area contributed by atoms with Gasteiger partial charge in [0.2, 0.25) is 0 Å². The summed E-state index contributed by atoms with van der Waals surface area (Å²) >= 11 is 0. The van der Waals surface area contributed by atoms with E-state index in [9.17, 15) is 0 Å². The van der Waals surface area contributed by atoms with Crippen LogP contribution >= 0.6 is 0 Å². The molecule has 0 aliphatic rings. The quantitative estimate of drug-likeness (QED) is 0.695. The van der Waals surface area contributed by atoms with Gasteiger partial charge in [-0.3, -0.25) is 0 Å². The van der Waals surface area contributed by atoms with Crippen molar-refractivity contribution in [2.45, 2.75) is 6.42 Å². The molecular weight excluding hydrogens is 214 g/mol. The lowest BCUT2D eigenvalue weighted by atomic mass is 10.1. The summed E-state index contributed by atoms with van der Waals surface area (Å²) in [5.41, 5.74) is 6.24. The first kappa shape index (κ1) is 13.1. The van der Waals surface area contributed by atoms with E-state index in [1.54, 1.807) is 6.07 Å². The largest absolute Gasteiger partial charge is 0.504 e. The summed E-state index contributed by atoms with van der Waals surface area (Å²) in [5, 5.41) is 18.0. The summed E-state index contributed by atoms with van der Waals surface area (Å²) in [6.07, 6.45) is 0.716. The molecule has 0 aliphatic heterocycles. The van der Waals surface area contributed by atoms with Crippen molar-refractivity contribution in [3.63, 3.8) is 0 Å². The molecule has 17 heavy (non-hydrogen) atoms. The van der Waals surface area contributed by atoms with Crippen LogP contribution in [0, 0.1) is 0 Å². The second-order valence-corrected chi connectivity index (χ2v) is 3.52. The third-order valence-corrected chi connectivity index (χ3v) is 2.14. The smallest absolute Gasteiger partial charge is 0.157 e. The standard InChI is InChI=1S/C8H11NO2.C6H6/c9-4-3-6-1-2-7(10)8(11)5-6;1-2-4-6-5-3-1/h1-2,5,10-11H,3-4,9H2;1-6H. The molecule has 0 heterocycles. The van der Waals surface area contributed by atoms with Gasteiger partial charge in [0.25, 0.3) is 0 Å². The zero-order chi connectivity index (χ0) is 12.5. The van der Waals surface area contributed by atoms with Crippen LogP contribution in [0.5, 0.6) is 11.5 Å². The van der Waals surface area contributed by atoms with Crippen LogP contribution in [0.2, 0.25) is 0 Å². The van der Waals surface area contributed by atoms with Crippen molar-refractivity contribution in [1.29, 1.82) is 0 Å². The highest BCUT2D eigenvalue weighted by Gasteiger charge is 1.98. The molecule has 0 atom stereocenters. The van der Waals surface area contributed by atoms with E-state index in [-0.39, 0.29) is 11.5 Å². The molecule has 3 heteroatoms. The Morgan fingerprint density at radius 3 is 1.76 bits per heavy atom. The molecule has 4 N–H and O–H groups in total. The monoisotopic (exact) mass is 231 g/mol. The van der Waals surface area contributed by atoms with E-state index in [0.29, 0.717) is 13.0 Å². The molecule has 0 aromatic heterocycles. The van der Waals surface area contributed by atoms with Crippen molar-refractivity contribution < 1.29 is 10.2 Å². The highest BCUT2D eigenvalue weighted by molar-refractivity contribution is 5.40. The minimum absolute atomic E-state index is 0.0871. The van der Waals surface area contributed by atoms with Gasteiger partial charge in [-0.25, -0.2) is 0 Å². The topological polar surface area (TPSA) is 66.5 Å². The fraction of sp³-hybridized carbons (Fsp3) is 0.143. The summed E-state index contributed by atoms with van der Waals surface area (Å²) in [5.74, 6) is -0.179. The zero-order valence-electron chi connectivity index (χ0n) is 9.58. The minimum Gasteiger partial charge on any atom is -0.504 e. The lowest BCUT2D eigenvalue weighted by Crippen LogP contribution is -2.02. The molecule has 0 aliphatic carbocycles. The summed E-state index contributed by atoms with van der Waals surface area (Å²) < 4.78 is 0.